The molecule has 27 heavy (non-hydrogen) atoms. The third kappa shape index (κ3) is 4.61. The molecule has 0 saturated carbocycles. The quantitative estimate of drug-likeness (QED) is 0.731. The van der Waals surface area contributed by atoms with Gasteiger partial charge in [-0.3, -0.25) is 4.79 Å². The van der Waals surface area contributed by atoms with Crippen LogP contribution < -0.4 is 10.2 Å². The number of likely N-dealkylation sites (tertiary alicyclic amines) is 1. The Labute approximate surface area is 161 Å². The Morgan fingerprint density at radius 2 is 1.74 bits per heavy atom. The van der Waals surface area contributed by atoms with Gasteiger partial charge >= 0.3 is 13.1 Å². The summed E-state index contributed by atoms with van der Waals surface area (Å²) in [5, 5.41) is 0. The van der Waals surface area contributed by atoms with E-state index < -0.39 is 7.12 Å². The van der Waals surface area contributed by atoms with Gasteiger partial charge in [-0.1, -0.05) is 0 Å². The Morgan fingerprint density at radius 1 is 1.19 bits per heavy atom. The van der Waals surface area contributed by atoms with Crippen LogP contribution in [0.3, 0.4) is 0 Å². The highest BCUT2D eigenvalue weighted by Gasteiger charge is 2.51. The molecule has 0 atom stereocenters. The minimum Gasteiger partial charge on any atom is -0.463 e. The van der Waals surface area contributed by atoms with Gasteiger partial charge in [-0.2, -0.15) is 0 Å². The lowest BCUT2D eigenvalue weighted by Gasteiger charge is -2.32. The standard InChI is InChI=1S/C19H30BN3O4/c1-14(24)23-9-6-15(7-10-23)8-11-25-17-21-12-16(13-22-17)20-26-18(2,3)19(4,5)27-20/h12-13,15H,6-11H2,1-5H3. The Bertz CT molecular complexity index is 641. The van der Waals surface area contributed by atoms with Crippen LogP contribution in [0.1, 0.15) is 53.9 Å². The van der Waals surface area contributed by atoms with Crippen LogP contribution >= 0.6 is 0 Å². The van der Waals surface area contributed by atoms with Gasteiger partial charge in [0.15, 0.2) is 0 Å². The number of aromatic nitrogens is 2. The summed E-state index contributed by atoms with van der Waals surface area (Å²) in [7, 11) is -0.462. The van der Waals surface area contributed by atoms with Crippen LogP contribution in [0.5, 0.6) is 6.01 Å². The van der Waals surface area contributed by atoms with Crippen molar-refractivity contribution < 1.29 is 18.8 Å². The van der Waals surface area contributed by atoms with Crippen molar-refractivity contribution >= 4 is 18.5 Å². The number of hydrogen-bond donors (Lipinski definition) is 0. The van der Waals surface area contributed by atoms with E-state index in [1.165, 1.54) is 0 Å². The number of piperidine rings is 1. The van der Waals surface area contributed by atoms with Crippen LogP contribution in [0.2, 0.25) is 0 Å². The van der Waals surface area contributed by atoms with E-state index in [1.807, 2.05) is 32.6 Å². The molecule has 2 aliphatic rings. The normalized spacial score (nSPS) is 22.1. The van der Waals surface area contributed by atoms with E-state index in [-0.39, 0.29) is 17.1 Å². The Kier molecular flexibility index (Phi) is 5.77. The van der Waals surface area contributed by atoms with Crippen molar-refractivity contribution in [3.05, 3.63) is 12.4 Å². The Morgan fingerprint density at radius 3 is 2.26 bits per heavy atom. The molecule has 0 N–H and O–H groups in total. The molecular weight excluding hydrogens is 345 g/mol. The molecule has 1 aromatic heterocycles. The third-order valence-corrected chi connectivity index (χ3v) is 5.99. The summed E-state index contributed by atoms with van der Waals surface area (Å²) < 4.78 is 17.7. The molecular formula is C19H30BN3O4. The van der Waals surface area contributed by atoms with Crippen molar-refractivity contribution in [2.24, 2.45) is 5.92 Å². The highest BCUT2D eigenvalue weighted by molar-refractivity contribution is 6.61. The van der Waals surface area contributed by atoms with Crippen molar-refractivity contribution in [2.45, 2.75) is 65.1 Å². The van der Waals surface area contributed by atoms with Crippen LogP contribution in [-0.4, -0.2) is 58.8 Å². The first-order valence-corrected chi connectivity index (χ1v) is 9.74. The Balaban J connectivity index is 1.45. The third-order valence-electron chi connectivity index (χ3n) is 5.99. The van der Waals surface area contributed by atoms with E-state index in [9.17, 15) is 4.79 Å². The molecule has 0 bridgehead atoms. The van der Waals surface area contributed by atoms with E-state index in [0.29, 0.717) is 18.5 Å². The molecule has 7 nitrogen and oxygen atoms in total. The second kappa shape index (κ2) is 7.76. The largest absolute Gasteiger partial charge is 0.498 e. The molecule has 3 heterocycles. The average molecular weight is 375 g/mol. The highest BCUT2D eigenvalue weighted by Crippen LogP contribution is 2.36. The molecule has 2 aliphatic heterocycles. The van der Waals surface area contributed by atoms with E-state index >= 15 is 0 Å². The predicted octanol–water partition coefficient (Wildman–Crippen LogP) is 1.80. The van der Waals surface area contributed by atoms with E-state index in [4.69, 9.17) is 14.0 Å². The number of amides is 1. The van der Waals surface area contributed by atoms with E-state index in [0.717, 1.165) is 37.8 Å². The highest BCUT2D eigenvalue weighted by atomic mass is 16.7. The van der Waals surface area contributed by atoms with Gasteiger partial charge in [-0.25, -0.2) is 9.97 Å². The van der Waals surface area contributed by atoms with Gasteiger partial charge in [0.05, 0.1) is 17.8 Å². The predicted molar refractivity (Wildman–Crippen MR) is 103 cm³/mol. The fourth-order valence-electron chi connectivity index (χ4n) is 3.35. The maximum absolute atomic E-state index is 11.4. The maximum Gasteiger partial charge on any atom is 0.498 e. The SMILES string of the molecule is CC(=O)N1CCC(CCOc2ncc(B3OC(C)(C)C(C)(C)O3)cn2)CC1. The fraction of sp³-hybridized carbons (Fsp3) is 0.737. The van der Waals surface area contributed by atoms with Gasteiger partial charge in [0, 0.05) is 37.9 Å². The number of carbonyl (C=O) groups excluding carboxylic acids is 1. The molecule has 1 aromatic rings. The van der Waals surface area contributed by atoms with E-state index in [2.05, 4.69) is 9.97 Å². The number of hydrogen-bond acceptors (Lipinski definition) is 6. The lowest BCUT2D eigenvalue weighted by Crippen LogP contribution is -2.41. The van der Waals surface area contributed by atoms with Gasteiger partial charge in [-0.05, 0) is 52.9 Å². The maximum atomic E-state index is 11.4. The molecule has 0 aliphatic carbocycles. The zero-order valence-electron chi connectivity index (χ0n) is 17.0. The smallest absolute Gasteiger partial charge is 0.463 e. The number of nitrogens with zero attached hydrogens (tertiary/aromatic N) is 3. The van der Waals surface area contributed by atoms with Gasteiger partial charge in [-0.15, -0.1) is 0 Å². The van der Waals surface area contributed by atoms with Crippen molar-refractivity contribution in [1.29, 1.82) is 0 Å². The van der Waals surface area contributed by atoms with Crippen molar-refractivity contribution in [3.8, 4) is 6.01 Å². The number of rotatable bonds is 5. The second-order valence-corrected chi connectivity index (χ2v) is 8.47. The lowest BCUT2D eigenvalue weighted by molar-refractivity contribution is -0.130. The minimum atomic E-state index is -0.462. The lowest BCUT2D eigenvalue weighted by atomic mass is 9.81. The molecule has 1 amide bonds. The molecule has 0 aromatic carbocycles. The fourth-order valence-corrected chi connectivity index (χ4v) is 3.35. The van der Waals surface area contributed by atoms with Crippen LogP contribution in [-0.2, 0) is 14.1 Å². The molecule has 3 rings (SSSR count). The molecule has 2 fully saturated rings. The summed E-state index contributed by atoms with van der Waals surface area (Å²) in [6, 6.07) is 0.372. The van der Waals surface area contributed by atoms with Crippen molar-refractivity contribution in [1.82, 2.24) is 14.9 Å². The van der Waals surface area contributed by atoms with Gasteiger partial charge < -0.3 is 18.9 Å². The molecule has 8 heteroatoms. The zero-order chi connectivity index (χ0) is 19.7. The van der Waals surface area contributed by atoms with Crippen molar-refractivity contribution in [2.75, 3.05) is 19.7 Å². The first kappa shape index (κ1) is 20.1. The molecule has 148 valence electrons. The second-order valence-electron chi connectivity index (χ2n) is 8.47. The molecule has 0 radical (unpaired) electrons. The summed E-state index contributed by atoms with van der Waals surface area (Å²) in [4.78, 5) is 21.9. The number of carbonyl (C=O) groups is 1. The van der Waals surface area contributed by atoms with Gasteiger partial charge in [0.2, 0.25) is 5.91 Å². The average Bonchev–Trinajstić information content (AvgIpc) is 2.83. The summed E-state index contributed by atoms with van der Waals surface area (Å²) in [6.07, 6.45) is 6.43. The summed E-state index contributed by atoms with van der Waals surface area (Å²) in [5.74, 6) is 0.754. The van der Waals surface area contributed by atoms with Crippen LogP contribution in [0.25, 0.3) is 0 Å². The topological polar surface area (TPSA) is 73.8 Å². The van der Waals surface area contributed by atoms with Gasteiger partial charge in [0.1, 0.15) is 0 Å². The minimum absolute atomic E-state index is 0.167. The molecule has 0 spiro atoms. The first-order valence-electron chi connectivity index (χ1n) is 9.74. The zero-order valence-corrected chi connectivity index (χ0v) is 17.0. The van der Waals surface area contributed by atoms with Crippen molar-refractivity contribution in [3.63, 3.8) is 0 Å². The summed E-state index contributed by atoms with van der Waals surface area (Å²) in [5.41, 5.74) is 0.0212. The summed E-state index contributed by atoms with van der Waals surface area (Å²) in [6.45, 7) is 12.0. The molecule has 2 saturated heterocycles. The first-order chi connectivity index (χ1) is 12.7. The van der Waals surface area contributed by atoms with Crippen LogP contribution in [0, 0.1) is 5.92 Å². The van der Waals surface area contributed by atoms with Gasteiger partial charge in [0.25, 0.3) is 0 Å². The van der Waals surface area contributed by atoms with Crippen LogP contribution in [0.4, 0.5) is 0 Å². The van der Waals surface area contributed by atoms with Crippen LogP contribution in [0.15, 0.2) is 12.4 Å². The monoisotopic (exact) mass is 375 g/mol. The Hall–Kier alpha value is -1.67. The van der Waals surface area contributed by atoms with E-state index in [1.54, 1.807) is 19.3 Å². The molecule has 0 unspecified atom stereocenters. The number of ether oxygens (including phenoxy) is 1. The summed E-state index contributed by atoms with van der Waals surface area (Å²) >= 11 is 0.